The Balaban J connectivity index is 1.43. The van der Waals surface area contributed by atoms with Gasteiger partial charge < -0.3 is 9.80 Å². The fourth-order valence-electron chi connectivity index (χ4n) is 3.71. The lowest BCUT2D eigenvalue weighted by Gasteiger charge is -2.38. The molecular weight excluding hydrogens is 364 g/mol. The number of benzene rings is 2. The molecule has 148 valence electrons. The van der Waals surface area contributed by atoms with Gasteiger partial charge in [-0.1, -0.05) is 42.5 Å². The highest BCUT2D eigenvalue weighted by molar-refractivity contribution is 5.94. The lowest BCUT2D eigenvalue weighted by atomic mass is 9.83. The van der Waals surface area contributed by atoms with Crippen LogP contribution in [0.5, 0.6) is 0 Å². The molecule has 2 heterocycles. The Hall–Kier alpha value is -3.28. The van der Waals surface area contributed by atoms with Crippen molar-refractivity contribution in [1.82, 2.24) is 19.8 Å². The summed E-state index contributed by atoms with van der Waals surface area (Å²) in [6.45, 7) is 5.91. The second-order valence-corrected chi connectivity index (χ2v) is 7.82. The van der Waals surface area contributed by atoms with Gasteiger partial charge in [-0.05, 0) is 31.5 Å². The largest absolute Gasteiger partial charge is 0.338 e. The molecule has 6 heteroatoms. The van der Waals surface area contributed by atoms with Gasteiger partial charge in [0.25, 0.3) is 5.91 Å². The van der Waals surface area contributed by atoms with E-state index in [9.17, 15) is 9.59 Å². The van der Waals surface area contributed by atoms with Crippen molar-refractivity contribution in [3.05, 3.63) is 72.1 Å². The highest BCUT2D eigenvalue weighted by Crippen LogP contribution is 2.26. The Kier molecular flexibility index (Phi) is 5.01. The van der Waals surface area contributed by atoms with Crippen LogP contribution in [0.15, 0.2) is 60.8 Å². The smallest absolute Gasteiger partial charge is 0.274 e. The molecule has 1 aliphatic heterocycles. The topological polar surface area (TPSA) is 66.4 Å². The summed E-state index contributed by atoms with van der Waals surface area (Å²) in [5.41, 5.74) is 2.21. The molecule has 1 aromatic heterocycles. The Morgan fingerprint density at radius 2 is 1.41 bits per heavy atom. The molecule has 0 unspecified atom stereocenters. The van der Waals surface area contributed by atoms with E-state index in [4.69, 9.17) is 0 Å². The van der Waals surface area contributed by atoms with E-state index in [0.29, 0.717) is 37.4 Å². The van der Waals surface area contributed by atoms with Crippen molar-refractivity contribution in [3.63, 3.8) is 0 Å². The predicted octanol–water partition coefficient (Wildman–Crippen LogP) is 2.89. The number of hydrogen-bond donors (Lipinski definition) is 0. The summed E-state index contributed by atoms with van der Waals surface area (Å²) >= 11 is 0. The van der Waals surface area contributed by atoms with Crippen LogP contribution in [-0.2, 0) is 10.2 Å². The molecule has 0 N–H and O–H groups in total. The zero-order valence-electron chi connectivity index (χ0n) is 16.7. The summed E-state index contributed by atoms with van der Waals surface area (Å²) in [4.78, 5) is 38.4. The molecule has 1 saturated heterocycles. The van der Waals surface area contributed by atoms with Crippen LogP contribution < -0.4 is 0 Å². The summed E-state index contributed by atoms with van der Waals surface area (Å²) in [5, 5.41) is 0. The van der Waals surface area contributed by atoms with E-state index in [2.05, 4.69) is 9.97 Å². The second-order valence-electron chi connectivity index (χ2n) is 7.82. The number of nitrogens with zero attached hydrogens (tertiary/aromatic N) is 4. The van der Waals surface area contributed by atoms with Crippen LogP contribution in [-0.4, -0.2) is 57.8 Å². The SMILES string of the molecule is CC(C)(C(=O)N1CCN(C(=O)c2cnc3ccccc3n2)CC1)c1ccccc1. The number of aromatic nitrogens is 2. The fourth-order valence-corrected chi connectivity index (χ4v) is 3.71. The van der Waals surface area contributed by atoms with Gasteiger partial charge in [0, 0.05) is 26.2 Å². The van der Waals surface area contributed by atoms with E-state index in [0.717, 1.165) is 11.1 Å². The molecule has 6 nitrogen and oxygen atoms in total. The third-order valence-corrected chi connectivity index (χ3v) is 5.55. The van der Waals surface area contributed by atoms with E-state index < -0.39 is 5.41 Å². The molecule has 29 heavy (non-hydrogen) atoms. The number of rotatable bonds is 3. The third-order valence-electron chi connectivity index (χ3n) is 5.55. The van der Waals surface area contributed by atoms with Gasteiger partial charge in [0.15, 0.2) is 0 Å². The minimum absolute atomic E-state index is 0.0845. The van der Waals surface area contributed by atoms with Crippen molar-refractivity contribution in [3.8, 4) is 0 Å². The monoisotopic (exact) mass is 388 g/mol. The van der Waals surface area contributed by atoms with Gasteiger partial charge in [0.05, 0.1) is 22.6 Å². The van der Waals surface area contributed by atoms with E-state index in [1.807, 2.05) is 73.3 Å². The Labute approximate surface area is 170 Å². The molecule has 2 aromatic carbocycles. The molecule has 3 aromatic rings. The zero-order valence-corrected chi connectivity index (χ0v) is 16.7. The zero-order chi connectivity index (χ0) is 20.4. The lowest BCUT2D eigenvalue weighted by Crippen LogP contribution is -2.54. The van der Waals surface area contributed by atoms with Crippen molar-refractivity contribution >= 4 is 22.8 Å². The van der Waals surface area contributed by atoms with Gasteiger partial charge in [-0.15, -0.1) is 0 Å². The summed E-state index contributed by atoms with van der Waals surface area (Å²) in [5.74, 6) is -0.0565. The molecule has 0 aliphatic carbocycles. The van der Waals surface area contributed by atoms with Crippen molar-refractivity contribution < 1.29 is 9.59 Å². The van der Waals surface area contributed by atoms with Crippen LogP contribution in [0.3, 0.4) is 0 Å². The van der Waals surface area contributed by atoms with Gasteiger partial charge in [-0.25, -0.2) is 4.98 Å². The summed E-state index contributed by atoms with van der Waals surface area (Å²) in [7, 11) is 0. The molecule has 4 rings (SSSR count). The fraction of sp³-hybridized carbons (Fsp3) is 0.304. The molecule has 0 spiro atoms. The third kappa shape index (κ3) is 3.70. The maximum Gasteiger partial charge on any atom is 0.274 e. The Morgan fingerprint density at radius 1 is 0.828 bits per heavy atom. The summed E-state index contributed by atoms with van der Waals surface area (Å²) in [6.07, 6.45) is 1.53. The summed E-state index contributed by atoms with van der Waals surface area (Å²) in [6, 6.07) is 17.3. The van der Waals surface area contributed by atoms with Gasteiger partial charge in [0.1, 0.15) is 5.69 Å². The molecule has 0 saturated carbocycles. The van der Waals surface area contributed by atoms with E-state index in [1.54, 1.807) is 4.90 Å². The molecular formula is C23H24N4O2. The number of carbonyl (C=O) groups is 2. The Bertz CT molecular complexity index is 1040. The van der Waals surface area contributed by atoms with E-state index >= 15 is 0 Å². The summed E-state index contributed by atoms with van der Waals surface area (Å²) < 4.78 is 0. The molecule has 2 amide bonds. The minimum Gasteiger partial charge on any atom is -0.338 e. The number of carbonyl (C=O) groups excluding carboxylic acids is 2. The molecule has 0 atom stereocenters. The van der Waals surface area contributed by atoms with Crippen molar-refractivity contribution in [2.75, 3.05) is 26.2 Å². The molecule has 0 radical (unpaired) electrons. The van der Waals surface area contributed by atoms with Crippen LogP contribution in [0, 0.1) is 0 Å². The predicted molar refractivity (Wildman–Crippen MR) is 111 cm³/mol. The molecule has 1 fully saturated rings. The first kappa shape index (κ1) is 19.1. The number of fused-ring (bicyclic) bond motifs is 1. The average molecular weight is 388 g/mol. The van der Waals surface area contributed by atoms with Gasteiger partial charge in [0.2, 0.25) is 5.91 Å². The maximum absolute atomic E-state index is 13.1. The minimum atomic E-state index is -0.600. The van der Waals surface area contributed by atoms with Crippen LogP contribution in [0.1, 0.15) is 29.9 Å². The standard InChI is InChI=1S/C23H24N4O2/c1-23(2,17-8-4-3-5-9-17)22(29)27-14-12-26(13-15-27)21(28)20-16-24-18-10-6-7-11-19(18)25-20/h3-11,16H,12-15H2,1-2H3. The molecule has 1 aliphatic rings. The van der Waals surface area contributed by atoms with Crippen LogP contribution in [0.2, 0.25) is 0 Å². The van der Waals surface area contributed by atoms with Crippen molar-refractivity contribution in [2.45, 2.75) is 19.3 Å². The first-order chi connectivity index (χ1) is 14.0. The van der Waals surface area contributed by atoms with E-state index in [1.165, 1.54) is 6.20 Å². The first-order valence-corrected chi connectivity index (χ1v) is 9.83. The normalized spacial score (nSPS) is 14.8. The second kappa shape index (κ2) is 7.62. The van der Waals surface area contributed by atoms with Gasteiger partial charge in [-0.2, -0.15) is 0 Å². The quantitative estimate of drug-likeness (QED) is 0.692. The van der Waals surface area contributed by atoms with E-state index in [-0.39, 0.29) is 11.8 Å². The average Bonchev–Trinajstić information content (AvgIpc) is 2.78. The van der Waals surface area contributed by atoms with Gasteiger partial charge >= 0.3 is 0 Å². The highest BCUT2D eigenvalue weighted by atomic mass is 16.2. The number of amides is 2. The van der Waals surface area contributed by atoms with Crippen molar-refractivity contribution in [2.24, 2.45) is 0 Å². The molecule has 0 bridgehead atoms. The number of piperazine rings is 1. The van der Waals surface area contributed by atoms with Gasteiger partial charge in [-0.3, -0.25) is 14.6 Å². The number of para-hydroxylation sites is 2. The lowest BCUT2D eigenvalue weighted by molar-refractivity contribution is -0.137. The number of hydrogen-bond acceptors (Lipinski definition) is 4. The first-order valence-electron chi connectivity index (χ1n) is 9.83. The van der Waals surface area contributed by atoms with Crippen LogP contribution in [0.4, 0.5) is 0 Å². The van der Waals surface area contributed by atoms with Crippen LogP contribution in [0.25, 0.3) is 11.0 Å². The maximum atomic E-state index is 13.1. The van der Waals surface area contributed by atoms with Crippen LogP contribution >= 0.6 is 0 Å². The highest BCUT2D eigenvalue weighted by Gasteiger charge is 2.35. The Morgan fingerprint density at radius 3 is 2.10 bits per heavy atom. The van der Waals surface area contributed by atoms with Crippen molar-refractivity contribution in [1.29, 1.82) is 0 Å².